The molecule has 2 aromatic rings. The number of fused-ring (bicyclic) bond motifs is 1. The lowest BCUT2D eigenvalue weighted by atomic mass is 9.83. The predicted molar refractivity (Wildman–Crippen MR) is 82.1 cm³/mol. The minimum atomic E-state index is -0.145. The average molecular weight is 285 g/mol. The highest BCUT2D eigenvalue weighted by molar-refractivity contribution is 5.41. The smallest absolute Gasteiger partial charge is 0.129 e. The summed E-state index contributed by atoms with van der Waals surface area (Å²) in [7, 11) is 0. The molecular formula is C18H20FNO. The summed E-state index contributed by atoms with van der Waals surface area (Å²) >= 11 is 0. The maximum atomic E-state index is 13.8. The molecule has 0 spiro atoms. The van der Waals surface area contributed by atoms with Gasteiger partial charge < -0.3 is 10.5 Å². The Kier molecular flexibility index (Phi) is 3.68. The number of ether oxygens (including phenoxy) is 1. The molecule has 2 atom stereocenters. The molecule has 2 aromatic carbocycles. The molecule has 1 heterocycles. The molecule has 2 N–H and O–H groups in total. The van der Waals surface area contributed by atoms with Crippen molar-refractivity contribution < 1.29 is 9.13 Å². The van der Waals surface area contributed by atoms with E-state index in [1.54, 1.807) is 13.8 Å². The summed E-state index contributed by atoms with van der Waals surface area (Å²) in [6.07, 6.45) is 0.883. The Morgan fingerprint density at radius 2 is 1.86 bits per heavy atom. The SMILES string of the molecule is Cc1cc(C(N)C2CCOc3ccccc32)cc(C)c1F. The highest BCUT2D eigenvalue weighted by Gasteiger charge is 2.28. The van der Waals surface area contributed by atoms with Crippen LogP contribution < -0.4 is 10.5 Å². The van der Waals surface area contributed by atoms with Gasteiger partial charge in [-0.2, -0.15) is 0 Å². The molecule has 21 heavy (non-hydrogen) atoms. The lowest BCUT2D eigenvalue weighted by molar-refractivity contribution is 0.255. The fraction of sp³-hybridized carbons (Fsp3) is 0.333. The number of benzene rings is 2. The van der Waals surface area contributed by atoms with E-state index in [4.69, 9.17) is 10.5 Å². The first-order valence-corrected chi connectivity index (χ1v) is 7.32. The highest BCUT2D eigenvalue weighted by atomic mass is 19.1. The first kappa shape index (κ1) is 14.1. The van der Waals surface area contributed by atoms with Crippen molar-refractivity contribution in [2.45, 2.75) is 32.2 Å². The van der Waals surface area contributed by atoms with Gasteiger partial charge in [-0.1, -0.05) is 30.3 Å². The van der Waals surface area contributed by atoms with Gasteiger partial charge in [0.1, 0.15) is 11.6 Å². The summed E-state index contributed by atoms with van der Waals surface area (Å²) in [5, 5.41) is 0. The largest absolute Gasteiger partial charge is 0.493 e. The molecule has 3 heteroatoms. The third-order valence-corrected chi connectivity index (χ3v) is 4.28. The topological polar surface area (TPSA) is 35.2 Å². The van der Waals surface area contributed by atoms with E-state index in [-0.39, 0.29) is 17.8 Å². The van der Waals surface area contributed by atoms with Crippen LogP contribution in [-0.4, -0.2) is 6.61 Å². The number of halogens is 1. The number of rotatable bonds is 2. The Hall–Kier alpha value is -1.87. The second kappa shape index (κ2) is 5.49. The van der Waals surface area contributed by atoms with Crippen molar-refractivity contribution in [3.05, 3.63) is 64.5 Å². The van der Waals surface area contributed by atoms with Gasteiger partial charge in [-0.25, -0.2) is 4.39 Å². The monoisotopic (exact) mass is 285 g/mol. The summed E-state index contributed by atoms with van der Waals surface area (Å²) in [5.74, 6) is 0.984. The first-order valence-electron chi connectivity index (χ1n) is 7.32. The minimum absolute atomic E-state index is 0.140. The van der Waals surface area contributed by atoms with Gasteiger partial charge in [-0.15, -0.1) is 0 Å². The molecule has 0 aliphatic carbocycles. The van der Waals surface area contributed by atoms with Crippen molar-refractivity contribution in [1.82, 2.24) is 0 Å². The summed E-state index contributed by atoms with van der Waals surface area (Å²) in [6.45, 7) is 4.25. The van der Waals surface area contributed by atoms with Crippen LogP contribution in [0.5, 0.6) is 5.75 Å². The van der Waals surface area contributed by atoms with Crippen LogP contribution in [-0.2, 0) is 0 Å². The molecule has 2 nitrogen and oxygen atoms in total. The molecule has 1 aliphatic heterocycles. The van der Waals surface area contributed by atoms with Crippen LogP contribution in [0.15, 0.2) is 36.4 Å². The number of nitrogens with two attached hydrogens (primary N) is 1. The zero-order valence-corrected chi connectivity index (χ0v) is 12.4. The third-order valence-electron chi connectivity index (χ3n) is 4.28. The Bertz CT molecular complexity index is 645. The fourth-order valence-electron chi connectivity index (χ4n) is 3.15. The molecule has 110 valence electrons. The fourth-order valence-corrected chi connectivity index (χ4v) is 3.15. The van der Waals surface area contributed by atoms with E-state index in [1.807, 2.05) is 30.3 Å². The van der Waals surface area contributed by atoms with Crippen molar-refractivity contribution >= 4 is 0 Å². The van der Waals surface area contributed by atoms with Crippen LogP contribution in [0.3, 0.4) is 0 Å². The van der Waals surface area contributed by atoms with Crippen molar-refractivity contribution in [2.75, 3.05) is 6.61 Å². The molecule has 1 aliphatic rings. The number of hydrogen-bond donors (Lipinski definition) is 1. The van der Waals surface area contributed by atoms with Crippen molar-refractivity contribution in [3.8, 4) is 5.75 Å². The van der Waals surface area contributed by atoms with Gasteiger partial charge in [-0.3, -0.25) is 0 Å². The van der Waals surface area contributed by atoms with Crippen molar-refractivity contribution in [1.29, 1.82) is 0 Å². The lowest BCUT2D eigenvalue weighted by Crippen LogP contribution is -2.25. The Morgan fingerprint density at radius 1 is 1.19 bits per heavy atom. The summed E-state index contributed by atoms with van der Waals surface area (Å²) < 4.78 is 19.5. The summed E-state index contributed by atoms with van der Waals surface area (Å²) in [5.41, 5.74) is 9.94. The number of hydrogen-bond acceptors (Lipinski definition) is 2. The first-order chi connectivity index (χ1) is 10.1. The van der Waals surface area contributed by atoms with Crippen molar-refractivity contribution in [3.63, 3.8) is 0 Å². The van der Waals surface area contributed by atoms with Crippen LogP contribution in [0.1, 0.15) is 40.6 Å². The second-order valence-electron chi connectivity index (χ2n) is 5.78. The van der Waals surface area contributed by atoms with Gasteiger partial charge in [0.25, 0.3) is 0 Å². The quantitative estimate of drug-likeness (QED) is 0.905. The van der Waals surface area contributed by atoms with Gasteiger partial charge in [0.15, 0.2) is 0 Å². The maximum absolute atomic E-state index is 13.8. The van der Waals surface area contributed by atoms with Crippen LogP contribution in [0, 0.1) is 19.7 Å². The van der Waals surface area contributed by atoms with Crippen LogP contribution in [0.4, 0.5) is 4.39 Å². The summed E-state index contributed by atoms with van der Waals surface area (Å²) in [6, 6.07) is 11.6. The third kappa shape index (κ3) is 2.54. The zero-order chi connectivity index (χ0) is 15.0. The highest BCUT2D eigenvalue weighted by Crippen LogP contribution is 2.40. The molecule has 2 unspecified atom stereocenters. The molecule has 0 saturated heterocycles. The van der Waals surface area contributed by atoms with E-state index in [0.717, 1.165) is 23.3 Å². The predicted octanol–water partition coefficient (Wildman–Crippen LogP) is 4.01. The molecule has 3 rings (SSSR count). The van der Waals surface area contributed by atoms with E-state index < -0.39 is 0 Å². The normalized spacial score (nSPS) is 18.8. The zero-order valence-electron chi connectivity index (χ0n) is 12.4. The standard InChI is InChI=1S/C18H20FNO/c1-11-9-13(10-12(2)17(11)19)18(20)15-7-8-21-16-6-4-3-5-14(15)16/h3-6,9-10,15,18H,7-8,20H2,1-2H3. The van der Waals surface area contributed by atoms with Gasteiger partial charge in [0, 0.05) is 12.0 Å². The van der Waals surface area contributed by atoms with Gasteiger partial charge in [0.2, 0.25) is 0 Å². The van der Waals surface area contributed by atoms with E-state index in [2.05, 4.69) is 6.07 Å². The molecule has 0 amide bonds. The van der Waals surface area contributed by atoms with Gasteiger partial charge in [-0.05, 0) is 48.6 Å². The minimum Gasteiger partial charge on any atom is -0.493 e. The molecule has 0 radical (unpaired) electrons. The number of para-hydroxylation sites is 1. The maximum Gasteiger partial charge on any atom is 0.129 e. The average Bonchev–Trinajstić information content (AvgIpc) is 2.51. The number of aryl methyl sites for hydroxylation is 2. The Balaban J connectivity index is 1.98. The molecular weight excluding hydrogens is 265 g/mol. The van der Waals surface area contributed by atoms with Crippen LogP contribution in [0.25, 0.3) is 0 Å². The van der Waals surface area contributed by atoms with E-state index in [0.29, 0.717) is 17.7 Å². The Labute approximate surface area is 124 Å². The van der Waals surface area contributed by atoms with E-state index >= 15 is 0 Å². The van der Waals surface area contributed by atoms with Crippen molar-refractivity contribution in [2.24, 2.45) is 5.73 Å². The molecule has 0 bridgehead atoms. The molecule has 0 saturated carbocycles. The lowest BCUT2D eigenvalue weighted by Gasteiger charge is -2.30. The Morgan fingerprint density at radius 3 is 2.57 bits per heavy atom. The van der Waals surface area contributed by atoms with E-state index in [9.17, 15) is 4.39 Å². The second-order valence-corrected chi connectivity index (χ2v) is 5.78. The molecule has 0 aromatic heterocycles. The van der Waals surface area contributed by atoms with E-state index in [1.165, 1.54) is 0 Å². The van der Waals surface area contributed by atoms with Crippen LogP contribution in [0.2, 0.25) is 0 Å². The van der Waals surface area contributed by atoms with Gasteiger partial charge in [0.05, 0.1) is 6.61 Å². The summed E-state index contributed by atoms with van der Waals surface area (Å²) in [4.78, 5) is 0. The van der Waals surface area contributed by atoms with Crippen LogP contribution >= 0.6 is 0 Å². The molecule has 0 fully saturated rings. The van der Waals surface area contributed by atoms with Gasteiger partial charge >= 0.3 is 0 Å².